The average molecular weight is 410 g/mol. The highest BCUT2D eigenvalue weighted by molar-refractivity contribution is 5.51. The van der Waals surface area contributed by atoms with Crippen molar-refractivity contribution in [1.29, 1.82) is 0 Å². The number of benzene rings is 2. The molecule has 2 aliphatic rings. The molecular weight excluding hydrogens is 378 g/mol. The van der Waals surface area contributed by atoms with E-state index >= 15 is 0 Å². The van der Waals surface area contributed by atoms with Crippen LogP contribution in [0.25, 0.3) is 0 Å². The summed E-state index contributed by atoms with van der Waals surface area (Å²) in [4.78, 5) is 15.3. The molecule has 30 heavy (non-hydrogen) atoms. The summed E-state index contributed by atoms with van der Waals surface area (Å²) in [6, 6.07) is 17.1. The molecule has 6 nitrogen and oxygen atoms in total. The first-order valence-corrected chi connectivity index (χ1v) is 10.6. The van der Waals surface area contributed by atoms with E-state index in [0.717, 1.165) is 37.4 Å². The van der Waals surface area contributed by atoms with Gasteiger partial charge >= 0.3 is 0 Å². The molecule has 0 amide bonds. The Morgan fingerprint density at radius 3 is 1.93 bits per heavy atom. The second kappa shape index (κ2) is 7.06. The molecule has 0 radical (unpaired) electrons. The topological polar surface area (TPSA) is 69.9 Å². The van der Waals surface area contributed by atoms with Crippen molar-refractivity contribution in [2.45, 2.75) is 39.3 Å². The summed E-state index contributed by atoms with van der Waals surface area (Å²) in [5.74, 6) is 0. The van der Waals surface area contributed by atoms with E-state index in [1.54, 1.807) is 12.1 Å². The standard InChI is InChI=1S/C24H31N3O3/c1-22(2)21(23(3,4)24(22,28)18-8-6-5-7-9-18)26-16-14-25(15-17-26)19-10-12-20(13-11-19)27(29)30/h5-13,21,28H,14-17H2,1-4H3. The van der Waals surface area contributed by atoms with Crippen molar-refractivity contribution < 1.29 is 10.0 Å². The SMILES string of the molecule is CC1(C)C(N2CCN(c3ccc([N+](=O)[O-])cc3)CC2)C(C)(C)C1(O)c1ccccc1. The highest BCUT2D eigenvalue weighted by Crippen LogP contribution is 2.68. The number of anilines is 1. The van der Waals surface area contributed by atoms with Crippen LogP contribution in [0, 0.1) is 20.9 Å². The van der Waals surface area contributed by atoms with Crippen LogP contribution in [-0.4, -0.2) is 47.2 Å². The Balaban J connectivity index is 1.49. The van der Waals surface area contributed by atoms with Gasteiger partial charge in [0, 0.05) is 60.9 Å². The van der Waals surface area contributed by atoms with E-state index in [0.29, 0.717) is 0 Å². The fourth-order valence-corrected chi connectivity index (χ4v) is 6.41. The Bertz CT molecular complexity index is 900. The van der Waals surface area contributed by atoms with Gasteiger partial charge in [0.25, 0.3) is 5.69 Å². The van der Waals surface area contributed by atoms with Gasteiger partial charge in [-0.2, -0.15) is 0 Å². The molecule has 4 rings (SSSR count). The molecule has 1 heterocycles. The van der Waals surface area contributed by atoms with Gasteiger partial charge < -0.3 is 10.0 Å². The van der Waals surface area contributed by atoms with E-state index in [-0.39, 0.29) is 27.5 Å². The fraction of sp³-hybridized carbons (Fsp3) is 0.500. The van der Waals surface area contributed by atoms with Crippen LogP contribution in [0.5, 0.6) is 0 Å². The van der Waals surface area contributed by atoms with E-state index in [9.17, 15) is 15.2 Å². The van der Waals surface area contributed by atoms with Gasteiger partial charge in [0.15, 0.2) is 0 Å². The van der Waals surface area contributed by atoms with Crippen LogP contribution in [0.1, 0.15) is 33.3 Å². The molecule has 1 N–H and O–H groups in total. The quantitative estimate of drug-likeness (QED) is 0.610. The Morgan fingerprint density at radius 2 is 1.43 bits per heavy atom. The van der Waals surface area contributed by atoms with Gasteiger partial charge in [-0.05, 0) is 17.7 Å². The largest absolute Gasteiger partial charge is 0.384 e. The van der Waals surface area contributed by atoms with Crippen molar-refractivity contribution in [3.63, 3.8) is 0 Å². The van der Waals surface area contributed by atoms with Gasteiger partial charge in [0.1, 0.15) is 5.60 Å². The number of hydrogen-bond donors (Lipinski definition) is 1. The smallest absolute Gasteiger partial charge is 0.269 e. The summed E-state index contributed by atoms with van der Waals surface area (Å²) in [6.07, 6.45) is 0. The van der Waals surface area contributed by atoms with Gasteiger partial charge in [0.2, 0.25) is 0 Å². The van der Waals surface area contributed by atoms with Crippen molar-refractivity contribution in [2.24, 2.45) is 10.8 Å². The third-order valence-corrected chi connectivity index (χ3v) is 7.53. The Kier molecular flexibility index (Phi) is 4.90. The monoisotopic (exact) mass is 409 g/mol. The molecule has 6 heteroatoms. The van der Waals surface area contributed by atoms with Crippen molar-refractivity contribution in [1.82, 2.24) is 4.90 Å². The van der Waals surface area contributed by atoms with Gasteiger partial charge in [0.05, 0.1) is 4.92 Å². The minimum Gasteiger partial charge on any atom is -0.384 e. The first-order valence-electron chi connectivity index (χ1n) is 10.6. The van der Waals surface area contributed by atoms with Crippen molar-refractivity contribution in [2.75, 3.05) is 31.1 Å². The molecule has 2 fully saturated rings. The van der Waals surface area contributed by atoms with Crippen LogP contribution in [0.15, 0.2) is 54.6 Å². The molecule has 1 saturated heterocycles. The van der Waals surface area contributed by atoms with E-state index in [4.69, 9.17) is 0 Å². The number of hydrogen-bond acceptors (Lipinski definition) is 5. The second-order valence-corrected chi connectivity index (χ2v) is 9.72. The summed E-state index contributed by atoms with van der Waals surface area (Å²) in [5, 5.41) is 22.7. The number of piperazine rings is 1. The zero-order valence-electron chi connectivity index (χ0n) is 18.2. The summed E-state index contributed by atoms with van der Waals surface area (Å²) in [5.41, 5.74) is 0.673. The molecule has 0 atom stereocenters. The summed E-state index contributed by atoms with van der Waals surface area (Å²) < 4.78 is 0. The fourth-order valence-electron chi connectivity index (χ4n) is 6.41. The maximum Gasteiger partial charge on any atom is 0.269 e. The summed E-state index contributed by atoms with van der Waals surface area (Å²) >= 11 is 0. The molecule has 1 saturated carbocycles. The third kappa shape index (κ3) is 2.85. The number of aliphatic hydroxyl groups is 1. The van der Waals surface area contributed by atoms with Crippen molar-refractivity contribution >= 4 is 11.4 Å². The van der Waals surface area contributed by atoms with E-state index in [1.165, 1.54) is 0 Å². The van der Waals surface area contributed by atoms with Crippen LogP contribution < -0.4 is 4.90 Å². The molecule has 1 aliphatic carbocycles. The Labute approximate surface area is 178 Å². The van der Waals surface area contributed by atoms with Crippen molar-refractivity contribution in [3.8, 4) is 0 Å². The Morgan fingerprint density at radius 1 is 0.900 bits per heavy atom. The van der Waals surface area contributed by atoms with Crippen LogP contribution in [0.4, 0.5) is 11.4 Å². The van der Waals surface area contributed by atoms with E-state index in [2.05, 4.69) is 37.5 Å². The number of non-ortho nitro benzene ring substituents is 1. The molecule has 2 aromatic carbocycles. The molecule has 160 valence electrons. The lowest BCUT2D eigenvalue weighted by molar-refractivity contribution is -0.384. The molecule has 2 aromatic rings. The number of nitro benzene ring substituents is 1. The highest BCUT2D eigenvalue weighted by Gasteiger charge is 2.73. The van der Waals surface area contributed by atoms with Crippen LogP contribution in [-0.2, 0) is 5.60 Å². The second-order valence-electron chi connectivity index (χ2n) is 9.72. The van der Waals surface area contributed by atoms with Crippen molar-refractivity contribution in [3.05, 3.63) is 70.3 Å². The first kappa shape index (κ1) is 20.8. The normalized spacial score (nSPS) is 28.0. The lowest BCUT2D eigenvalue weighted by Crippen LogP contribution is -2.79. The van der Waals surface area contributed by atoms with Crippen LogP contribution >= 0.6 is 0 Å². The highest BCUT2D eigenvalue weighted by atomic mass is 16.6. The lowest BCUT2D eigenvalue weighted by atomic mass is 9.39. The van der Waals surface area contributed by atoms with Crippen LogP contribution in [0.2, 0.25) is 0 Å². The van der Waals surface area contributed by atoms with Gasteiger partial charge in [-0.25, -0.2) is 0 Å². The predicted molar refractivity (Wildman–Crippen MR) is 119 cm³/mol. The van der Waals surface area contributed by atoms with E-state index < -0.39 is 5.60 Å². The van der Waals surface area contributed by atoms with Gasteiger partial charge in [-0.15, -0.1) is 0 Å². The zero-order valence-corrected chi connectivity index (χ0v) is 18.2. The molecule has 0 unspecified atom stereocenters. The van der Waals surface area contributed by atoms with Gasteiger partial charge in [-0.3, -0.25) is 15.0 Å². The summed E-state index contributed by atoms with van der Waals surface area (Å²) in [6.45, 7) is 12.3. The van der Waals surface area contributed by atoms with Crippen LogP contribution in [0.3, 0.4) is 0 Å². The molecule has 0 spiro atoms. The summed E-state index contributed by atoms with van der Waals surface area (Å²) in [7, 11) is 0. The van der Waals surface area contributed by atoms with E-state index in [1.807, 2.05) is 42.5 Å². The van der Waals surface area contributed by atoms with Gasteiger partial charge in [-0.1, -0.05) is 58.0 Å². The maximum absolute atomic E-state index is 11.8. The lowest BCUT2D eigenvalue weighted by Gasteiger charge is -2.72. The minimum absolute atomic E-state index is 0.121. The first-order chi connectivity index (χ1) is 14.1. The maximum atomic E-state index is 11.8. The molecule has 1 aliphatic heterocycles. The zero-order chi connectivity index (χ0) is 21.7. The molecule has 0 bridgehead atoms. The predicted octanol–water partition coefficient (Wildman–Crippen LogP) is 4.04. The Hall–Kier alpha value is -2.44. The number of rotatable bonds is 4. The molecular formula is C24H31N3O3. The number of nitro groups is 1. The third-order valence-electron chi connectivity index (χ3n) is 7.53. The molecule has 0 aromatic heterocycles. The minimum atomic E-state index is -0.887. The number of nitrogens with zero attached hydrogens (tertiary/aromatic N) is 3. The average Bonchev–Trinajstić information content (AvgIpc) is 2.73.